The van der Waals surface area contributed by atoms with Gasteiger partial charge in [0.2, 0.25) is 16.0 Å². The molecule has 4 aromatic rings. The monoisotopic (exact) mass is 517 g/mol. The van der Waals surface area contributed by atoms with Crippen molar-refractivity contribution in [3.8, 4) is 5.95 Å². The van der Waals surface area contributed by atoms with Crippen LogP contribution in [0.2, 0.25) is 0 Å². The number of nitrogens with zero attached hydrogens (tertiary/aromatic N) is 3. The zero-order valence-electron chi connectivity index (χ0n) is 21.1. The highest BCUT2D eigenvalue weighted by Gasteiger charge is 2.36. The molecule has 0 saturated heterocycles. The van der Waals surface area contributed by atoms with Crippen LogP contribution in [0, 0.1) is 6.92 Å². The maximum absolute atomic E-state index is 12.7. The molecule has 0 radical (unpaired) electrons. The second kappa shape index (κ2) is 9.46. The first-order valence-electron chi connectivity index (χ1n) is 12.8. The lowest BCUT2D eigenvalue weighted by Gasteiger charge is -2.26. The van der Waals surface area contributed by atoms with E-state index >= 15 is 0 Å². The average Bonchev–Trinajstić information content (AvgIpc) is 3.71. The number of hydrogen-bond donors (Lipinski definition) is 2. The summed E-state index contributed by atoms with van der Waals surface area (Å²) in [7, 11) is -1.65. The van der Waals surface area contributed by atoms with E-state index in [-0.39, 0.29) is 11.4 Å². The lowest BCUT2D eigenvalue weighted by molar-refractivity contribution is 0.0842. The Bertz CT molecular complexity index is 1560. The van der Waals surface area contributed by atoms with Gasteiger partial charge in [-0.15, -0.1) is 0 Å². The van der Waals surface area contributed by atoms with E-state index in [4.69, 9.17) is 14.7 Å². The number of nitrogens with one attached hydrogen (secondary N) is 2. The molecule has 2 aliphatic rings. The molecule has 2 aliphatic carbocycles. The van der Waals surface area contributed by atoms with Crippen molar-refractivity contribution in [2.24, 2.45) is 0 Å². The Labute approximate surface area is 217 Å². The zero-order valence-corrected chi connectivity index (χ0v) is 21.9. The van der Waals surface area contributed by atoms with Crippen molar-refractivity contribution in [1.82, 2.24) is 14.5 Å². The molecule has 1 saturated carbocycles. The molecule has 2 N–H and O–H groups in total. The van der Waals surface area contributed by atoms with E-state index in [0.29, 0.717) is 31.0 Å². The summed E-state index contributed by atoms with van der Waals surface area (Å²) in [5.41, 5.74) is 5.55. The van der Waals surface area contributed by atoms with Crippen molar-refractivity contribution >= 4 is 32.4 Å². The lowest BCUT2D eigenvalue weighted by Crippen LogP contribution is -2.20. The third-order valence-corrected chi connectivity index (χ3v) is 9.11. The number of fused-ring (bicyclic) bond motifs is 2. The van der Waals surface area contributed by atoms with Gasteiger partial charge in [0.15, 0.2) is 0 Å². The van der Waals surface area contributed by atoms with Gasteiger partial charge in [-0.05, 0) is 62.8 Å². The van der Waals surface area contributed by atoms with Gasteiger partial charge in [0, 0.05) is 30.3 Å². The second-order valence-electron chi connectivity index (χ2n) is 9.90. The first kappa shape index (κ1) is 23.9. The van der Waals surface area contributed by atoms with Gasteiger partial charge in [-0.3, -0.25) is 9.29 Å². The van der Waals surface area contributed by atoms with E-state index in [9.17, 15) is 8.42 Å². The highest BCUT2D eigenvalue weighted by molar-refractivity contribution is 7.93. The van der Waals surface area contributed by atoms with Crippen molar-refractivity contribution in [1.29, 1.82) is 0 Å². The van der Waals surface area contributed by atoms with Crippen LogP contribution in [0.25, 0.3) is 16.9 Å². The van der Waals surface area contributed by atoms with E-state index < -0.39 is 10.0 Å². The highest BCUT2D eigenvalue weighted by Crippen LogP contribution is 2.37. The van der Waals surface area contributed by atoms with Crippen molar-refractivity contribution in [3.63, 3.8) is 0 Å². The van der Waals surface area contributed by atoms with Crippen LogP contribution in [0.1, 0.15) is 54.3 Å². The fourth-order valence-corrected chi connectivity index (χ4v) is 6.60. The molecule has 0 spiro atoms. The van der Waals surface area contributed by atoms with E-state index in [1.54, 1.807) is 7.11 Å². The quantitative estimate of drug-likeness (QED) is 0.330. The average molecular weight is 518 g/mol. The Morgan fingerprint density at radius 3 is 2.62 bits per heavy atom. The molecule has 6 rings (SSSR count). The van der Waals surface area contributed by atoms with Gasteiger partial charge in [-0.2, -0.15) is 4.98 Å². The van der Waals surface area contributed by atoms with Gasteiger partial charge >= 0.3 is 0 Å². The van der Waals surface area contributed by atoms with Gasteiger partial charge < -0.3 is 10.1 Å². The predicted octanol–water partition coefficient (Wildman–Crippen LogP) is 5.27. The van der Waals surface area contributed by atoms with Gasteiger partial charge in [0.25, 0.3) is 0 Å². The minimum Gasteiger partial charge on any atom is -0.375 e. The molecular formula is C28H31N5O3S. The fourth-order valence-electron chi connectivity index (χ4n) is 5.19. The van der Waals surface area contributed by atoms with Crippen LogP contribution < -0.4 is 10.0 Å². The topological polar surface area (TPSA) is 98.1 Å². The summed E-state index contributed by atoms with van der Waals surface area (Å²) < 4.78 is 36.0. The normalized spacial score (nSPS) is 17.5. The van der Waals surface area contributed by atoms with Gasteiger partial charge in [0.1, 0.15) is 5.82 Å². The Morgan fingerprint density at radius 2 is 1.86 bits per heavy atom. The van der Waals surface area contributed by atoms with Crippen molar-refractivity contribution < 1.29 is 13.2 Å². The van der Waals surface area contributed by atoms with E-state index in [0.717, 1.165) is 52.9 Å². The fraction of sp³-hybridized carbons (Fsp3) is 0.357. The van der Waals surface area contributed by atoms with Crippen LogP contribution in [-0.4, -0.2) is 35.3 Å². The van der Waals surface area contributed by atoms with Crippen LogP contribution in [0.3, 0.4) is 0 Å². The minimum atomic E-state index is -3.38. The molecule has 1 unspecified atom stereocenters. The second-order valence-corrected chi connectivity index (χ2v) is 11.9. The summed E-state index contributed by atoms with van der Waals surface area (Å²) in [4.78, 5) is 10.0. The molecule has 8 nitrogen and oxygen atoms in total. The molecule has 2 aromatic carbocycles. The molecular weight excluding hydrogens is 486 g/mol. The Morgan fingerprint density at radius 1 is 1.05 bits per heavy atom. The Hall–Kier alpha value is -3.43. The highest BCUT2D eigenvalue weighted by atomic mass is 32.2. The number of aryl methyl sites for hydroxylation is 1. The molecule has 192 valence electrons. The molecule has 2 heterocycles. The molecule has 1 atom stereocenters. The van der Waals surface area contributed by atoms with Crippen LogP contribution in [-0.2, 0) is 27.7 Å². The first-order valence-corrected chi connectivity index (χ1v) is 14.3. The maximum Gasteiger partial charge on any atom is 0.236 e. The predicted molar refractivity (Wildman–Crippen MR) is 146 cm³/mol. The first-order chi connectivity index (χ1) is 17.9. The number of aromatic nitrogens is 3. The molecule has 0 amide bonds. The molecule has 2 aromatic heterocycles. The van der Waals surface area contributed by atoms with Crippen LogP contribution >= 0.6 is 0 Å². The van der Waals surface area contributed by atoms with Crippen molar-refractivity contribution in [3.05, 3.63) is 77.1 Å². The van der Waals surface area contributed by atoms with Gasteiger partial charge in [0.05, 0.1) is 28.3 Å². The number of ether oxygens (including phenoxy) is 1. The summed E-state index contributed by atoms with van der Waals surface area (Å²) >= 11 is 0. The standard InChI is InChI=1S/C28H31N5O3S/c1-18-16-22-23(32-37(34,35)20-14-15-20)11-7-12-24(22)33(18)28-30-26-21(10-6-13-25(26)36-2)27(31-28)29-17-19-8-4-3-5-9-19/h3-5,7-9,11-12,16,20,25,32H,6,10,13-15,17H2,1-2H3,(H,29,30,31). The molecule has 37 heavy (non-hydrogen) atoms. The Balaban J connectivity index is 1.45. The number of hydrogen-bond acceptors (Lipinski definition) is 6. The summed E-state index contributed by atoms with van der Waals surface area (Å²) in [6.07, 6.45) is 4.17. The van der Waals surface area contributed by atoms with E-state index in [1.807, 2.05) is 54.0 Å². The van der Waals surface area contributed by atoms with Crippen LogP contribution in [0.4, 0.5) is 11.5 Å². The van der Waals surface area contributed by atoms with Gasteiger partial charge in [-0.1, -0.05) is 36.4 Å². The number of sulfonamides is 1. The van der Waals surface area contributed by atoms with Crippen LogP contribution in [0.15, 0.2) is 54.6 Å². The number of methoxy groups -OCH3 is 1. The van der Waals surface area contributed by atoms with Crippen LogP contribution in [0.5, 0.6) is 0 Å². The smallest absolute Gasteiger partial charge is 0.236 e. The third-order valence-electron chi connectivity index (χ3n) is 7.26. The van der Waals surface area contributed by atoms with Gasteiger partial charge in [-0.25, -0.2) is 13.4 Å². The summed E-state index contributed by atoms with van der Waals surface area (Å²) in [5.74, 6) is 1.37. The molecule has 0 bridgehead atoms. The number of anilines is 2. The summed E-state index contributed by atoms with van der Waals surface area (Å²) in [6.45, 7) is 2.65. The SMILES string of the molecule is COC1CCCc2c(NCc3ccccc3)nc(-n3c(C)cc4c(NS(=O)(=O)C5CC5)cccc43)nc21. The minimum absolute atomic E-state index is 0.0918. The Kier molecular flexibility index (Phi) is 6.12. The van der Waals surface area contributed by atoms with E-state index in [1.165, 1.54) is 5.56 Å². The zero-order chi connectivity index (χ0) is 25.6. The molecule has 0 aliphatic heterocycles. The lowest BCUT2D eigenvalue weighted by atomic mass is 9.93. The van der Waals surface area contributed by atoms with Crippen molar-refractivity contribution in [2.45, 2.75) is 56.9 Å². The van der Waals surface area contributed by atoms with Crippen molar-refractivity contribution in [2.75, 3.05) is 17.1 Å². The van der Waals surface area contributed by atoms with E-state index in [2.05, 4.69) is 22.2 Å². The molecule has 1 fully saturated rings. The maximum atomic E-state index is 12.7. The molecule has 9 heteroatoms. The number of benzene rings is 2. The summed E-state index contributed by atoms with van der Waals surface area (Å²) in [5, 5.41) is 4.09. The largest absolute Gasteiger partial charge is 0.375 e. The number of rotatable bonds is 8. The summed E-state index contributed by atoms with van der Waals surface area (Å²) in [6, 6.07) is 17.9. The third kappa shape index (κ3) is 4.57.